The number of benzene rings is 2. The van der Waals surface area contributed by atoms with Gasteiger partial charge in [0.1, 0.15) is 0 Å². The van der Waals surface area contributed by atoms with Gasteiger partial charge in [-0.1, -0.05) is 24.3 Å². The number of nitriles is 1. The number of fused-ring (bicyclic) bond motifs is 1. The molecule has 0 aliphatic heterocycles. The molecule has 1 amide bonds. The van der Waals surface area contributed by atoms with E-state index < -0.39 is 11.7 Å². The molecule has 0 aliphatic carbocycles. The predicted octanol–water partition coefficient (Wildman–Crippen LogP) is 3.17. The summed E-state index contributed by atoms with van der Waals surface area (Å²) in [5.41, 5.74) is 2.66. The smallest absolute Gasteiger partial charge is 0.296 e. The number of hydrogen-bond donors (Lipinski definition) is 2. The largest absolute Gasteiger partial charge is 0.358 e. The molecule has 2 aromatic carbocycles. The van der Waals surface area contributed by atoms with E-state index in [-0.39, 0.29) is 0 Å². The fourth-order valence-corrected chi connectivity index (χ4v) is 2.54. The first kappa shape index (κ1) is 14.5. The van der Waals surface area contributed by atoms with E-state index in [1.54, 1.807) is 31.2 Å². The lowest BCUT2D eigenvalue weighted by molar-refractivity contribution is -0.112. The number of rotatable bonds is 3. The molecule has 0 fully saturated rings. The van der Waals surface area contributed by atoms with Crippen LogP contribution in [0.4, 0.5) is 5.69 Å². The lowest BCUT2D eigenvalue weighted by Crippen LogP contribution is -2.23. The van der Waals surface area contributed by atoms with Gasteiger partial charge in [-0.05, 0) is 31.2 Å². The molecule has 0 unspecified atom stereocenters. The molecule has 0 saturated carbocycles. The van der Waals surface area contributed by atoms with E-state index >= 15 is 0 Å². The maximum Gasteiger partial charge on any atom is 0.296 e. The molecule has 0 spiro atoms. The zero-order chi connectivity index (χ0) is 16.4. The Hall–Kier alpha value is -3.39. The van der Waals surface area contributed by atoms with Crippen molar-refractivity contribution in [2.75, 3.05) is 5.32 Å². The summed E-state index contributed by atoms with van der Waals surface area (Å²) in [6.07, 6.45) is 0. The molecule has 5 nitrogen and oxygen atoms in total. The molecule has 0 bridgehead atoms. The van der Waals surface area contributed by atoms with Crippen LogP contribution in [0.2, 0.25) is 0 Å². The molecule has 2 N–H and O–H groups in total. The topological polar surface area (TPSA) is 85.8 Å². The van der Waals surface area contributed by atoms with Crippen LogP contribution in [0, 0.1) is 18.3 Å². The number of carbonyl (C=O) groups excluding carboxylic acids is 2. The Bertz CT molecular complexity index is 964. The summed E-state index contributed by atoms with van der Waals surface area (Å²) in [5, 5.41) is 12.1. The number of aryl methyl sites for hydroxylation is 1. The predicted molar refractivity (Wildman–Crippen MR) is 87.2 cm³/mol. The molecule has 112 valence electrons. The molecule has 1 heterocycles. The highest BCUT2D eigenvalue weighted by Crippen LogP contribution is 2.22. The van der Waals surface area contributed by atoms with Gasteiger partial charge in [0, 0.05) is 22.3 Å². The summed E-state index contributed by atoms with van der Waals surface area (Å²) in [6.45, 7) is 1.76. The molecule has 3 rings (SSSR count). The third kappa shape index (κ3) is 2.70. The van der Waals surface area contributed by atoms with E-state index in [4.69, 9.17) is 5.26 Å². The Morgan fingerprint density at radius 1 is 1.13 bits per heavy atom. The number of carbonyl (C=O) groups is 2. The van der Waals surface area contributed by atoms with Gasteiger partial charge in [0.2, 0.25) is 0 Å². The molecule has 0 aliphatic rings. The molecule has 23 heavy (non-hydrogen) atoms. The highest BCUT2D eigenvalue weighted by Gasteiger charge is 2.22. The van der Waals surface area contributed by atoms with Crippen molar-refractivity contribution in [1.82, 2.24) is 4.98 Å². The molecule has 0 atom stereocenters. The number of nitrogens with one attached hydrogen (secondary N) is 2. The minimum absolute atomic E-state index is 0.370. The zero-order valence-corrected chi connectivity index (χ0v) is 12.4. The van der Waals surface area contributed by atoms with E-state index in [2.05, 4.69) is 10.3 Å². The minimum atomic E-state index is -0.729. The van der Waals surface area contributed by atoms with Crippen molar-refractivity contribution in [2.45, 2.75) is 6.92 Å². The summed E-state index contributed by atoms with van der Waals surface area (Å²) in [7, 11) is 0. The molecule has 1 aromatic heterocycles. The Balaban J connectivity index is 1.91. The lowest BCUT2D eigenvalue weighted by atomic mass is 10.1. The van der Waals surface area contributed by atoms with Crippen LogP contribution in [0.5, 0.6) is 0 Å². The number of aromatic nitrogens is 1. The number of Topliss-reactive ketones (excluding diaryl/α,β-unsaturated/α-hetero) is 1. The van der Waals surface area contributed by atoms with Crippen LogP contribution < -0.4 is 5.32 Å². The van der Waals surface area contributed by atoms with Gasteiger partial charge in [-0.3, -0.25) is 9.59 Å². The zero-order valence-electron chi connectivity index (χ0n) is 12.4. The van der Waals surface area contributed by atoms with E-state index in [1.165, 1.54) is 6.07 Å². The average Bonchev–Trinajstić information content (AvgIpc) is 2.90. The van der Waals surface area contributed by atoms with E-state index in [1.807, 2.05) is 24.3 Å². The number of amides is 1. The quantitative estimate of drug-likeness (QED) is 0.575. The third-order valence-corrected chi connectivity index (χ3v) is 3.58. The molecule has 3 aromatic rings. The fraction of sp³-hybridized carbons (Fsp3) is 0.0556. The Morgan fingerprint density at radius 2 is 1.91 bits per heavy atom. The SMILES string of the molecule is Cc1[nH]c2ccccc2c1C(=O)C(=O)Nc1cccc(C#N)c1. The van der Waals surface area contributed by atoms with Gasteiger partial charge >= 0.3 is 0 Å². The summed E-state index contributed by atoms with van der Waals surface area (Å²) in [4.78, 5) is 27.9. The van der Waals surface area contributed by atoms with Gasteiger partial charge in [0.25, 0.3) is 11.7 Å². The van der Waals surface area contributed by atoms with Crippen LogP contribution in [0.15, 0.2) is 48.5 Å². The number of hydrogen-bond acceptors (Lipinski definition) is 3. The molecule has 5 heteroatoms. The number of para-hydroxylation sites is 1. The Labute approximate surface area is 132 Å². The summed E-state index contributed by atoms with van der Waals surface area (Å²) >= 11 is 0. The Kier molecular flexibility index (Phi) is 3.65. The van der Waals surface area contributed by atoms with Gasteiger partial charge in [-0.15, -0.1) is 0 Å². The number of aromatic amines is 1. The van der Waals surface area contributed by atoms with Crippen molar-refractivity contribution in [1.29, 1.82) is 5.26 Å². The normalized spacial score (nSPS) is 10.3. The van der Waals surface area contributed by atoms with Crippen molar-refractivity contribution in [3.63, 3.8) is 0 Å². The molecular weight excluding hydrogens is 290 g/mol. The van der Waals surface area contributed by atoms with Gasteiger partial charge in [0.15, 0.2) is 0 Å². The first-order valence-corrected chi connectivity index (χ1v) is 7.03. The number of ketones is 1. The van der Waals surface area contributed by atoms with E-state index in [0.717, 1.165) is 10.9 Å². The fourth-order valence-electron chi connectivity index (χ4n) is 2.54. The van der Waals surface area contributed by atoms with Crippen LogP contribution in [0.1, 0.15) is 21.6 Å². The number of anilines is 1. The highest BCUT2D eigenvalue weighted by molar-refractivity contribution is 6.48. The van der Waals surface area contributed by atoms with Gasteiger partial charge in [-0.25, -0.2) is 0 Å². The number of nitrogens with zero attached hydrogens (tertiary/aromatic N) is 1. The van der Waals surface area contributed by atoms with Crippen LogP contribution in [-0.4, -0.2) is 16.7 Å². The van der Waals surface area contributed by atoms with Gasteiger partial charge in [0.05, 0.1) is 17.2 Å². The van der Waals surface area contributed by atoms with Crippen LogP contribution >= 0.6 is 0 Å². The summed E-state index contributed by atoms with van der Waals surface area (Å²) < 4.78 is 0. The monoisotopic (exact) mass is 303 g/mol. The first-order chi connectivity index (χ1) is 11.1. The molecule has 0 radical (unpaired) electrons. The van der Waals surface area contributed by atoms with Crippen LogP contribution in [0.3, 0.4) is 0 Å². The van der Waals surface area contributed by atoms with Crippen molar-refractivity contribution in [3.8, 4) is 6.07 Å². The summed E-state index contributed by atoms with van der Waals surface area (Å²) in [6, 6.07) is 15.8. The van der Waals surface area contributed by atoms with Crippen LogP contribution in [0.25, 0.3) is 10.9 Å². The number of H-pyrrole nitrogens is 1. The van der Waals surface area contributed by atoms with E-state index in [0.29, 0.717) is 22.5 Å². The first-order valence-electron chi connectivity index (χ1n) is 7.03. The minimum Gasteiger partial charge on any atom is -0.358 e. The second-order valence-corrected chi connectivity index (χ2v) is 5.15. The molecule has 0 saturated heterocycles. The summed E-state index contributed by atoms with van der Waals surface area (Å²) in [5.74, 6) is -1.34. The van der Waals surface area contributed by atoms with Crippen molar-refractivity contribution < 1.29 is 9.59 Å². The van der Waals surface area contributed by atoms with Crippen LogP contribution in [-0.2, 0) is 4.79 Å². The Morgan fingerprint density at radius 3 is 2.70 bits per heavy atom. The second-order valence-electron chi connectivity index (χ2n) is 5.15. The second kappa shape index (κ2) is 5.78. The average molecular weight is 303 g/mol. The standard InChI is InChI=1S/C18H13N3O2/c1-11-16(14-7-2-3-8-15(14)20-11)17(22)18(23)21-13-6-4-5-12(9-13)10-19/h2-9,20H,1H3,(H,21,23). The van der Waals surface area contributed by atoms with Crippen molar-refractivity contribution in [2.24, 2.45) is 0 Å². The third-order valence-electron chi connectivity index (χ3n) is 3.58. The van der Waals surface area contributed by atoms with Gasteiger partial charge < -0.3 is 10.3 Å². The van der Waals surface area contributed by atoms with Gasteiger partial charge in [-0.2, -0.15) is 5.26 Å². The lowest BCUT2D eigenvalue weighted by Gasteiger charge is -2.05. The van der Waals surface area contributed by atoms with Crippen molar-refractivity contribution in [3.05, 3.63) is 65.4 Å². The highest BCUT2D eigenvalue weighted by atomic mass is 16.2. The maximum atomic E-state index is 12.5. The molecular formula is C18H13N3O2. The van der Waals surface area contributed by atoms with E-state index in [9.17, 15) is 9.59 Å². The van der Waals surface area contributed by atoms with Crippen molar-refractivity contribution >= 4 is 28.3 Å². The maximum absolute atomic E-state index is 12.5.